The van der Waals surface area contributed by atoms with Crippen molar-refractivity contribution in [3.05, 3.63) is 53.6 Å². The molecule has 0 fully saturated rings. The molecule has 0 heterocycles. The molecule has 2 aromatic rings. The van der Waals surface area contributed by atoms with Crippen LogP contribution < -0.4 is 25.3 Å². The first-order valence-corrected chi connectivity index (χ1v) is 7.60. The second-order valence-electron chi connectivity index (χ2n) is 5.03. The highest BCUT2D eigenvalue weighted by atomic mass is 16.5. The fourth-order valence-electron chi connectivity index (χ4n) is 2.17. The van der Waals surface area contributed by atoms with Gasteiger partial charge in [-0.3, -0.25) is 4.79 Å². The summed E-state index contributed by atoms with van der Waals surface area (Å²) in [6.07, 6.45) is 0. The fraction of sp³-hybridized carbons (Fsp3) is 0.278. The highest BCUT2D eigenvalue weighted by Gasteiger charge is 2.17. The molecule has 0 aliphatic heterocycles. The van der Waals surface area contributed by atoms with E-state index >= 15 is 0 Å². The van der Waals surface area contributed by atoms with Crippen molar-refractivity contribution < 1.29 is 19.0 Å². The number of rotatable bonds is 8. The fourth-order valence-corrected chi connectivity index (χ4v) is 2.17. The normalized spacial score (nSPS) is 10.1. The van der Waals surface area contributed by atoms with Gasteiger partial charge < -0.3 is 25.3 Å². The minimum absolute atomic E-state index is 0.244. The number of carbonyl (C=O) groups excluding carboxylic acids is 1. The van der Waals surface area contributed by atoms with Gasteiger partial charge in [0.05, 0.1) is 14.2 Å². The van der Waals surface area contributed by atoms with Gasteiger partial charge in [0, 0.05) is 18.7 Å². The first-order chi connectivity index (χ1) is 11.7. The summed E-state index contributed by atoms with van der Waals surface area (Å²) in [5.41, 5.74) is 6.84. The second kappa shape index (κ2) is 8.79. The Morgan fingerprint density at radius 2 is 1.71 bits per heavy atom. The first-order valence-electron chi connectivity index (χ1n) is 7.60. The first kappa shape index (κ1) is 17.6. The zero-order valence-electron chi connectivity index (χ0n) is 13.9. The number of ether oxygens (including phenoxy) is 3. The Morgan fingerprint density at radius 1 is 1.08 bits per heavy atom. The smallest absolute Gasteiger partial charge is 0.251 e. The molecule has 0 radical (unpaired) electrons. The largest absolute Gasteiger partial charge is 0.493 e. The van der Waals surface area contributed by atoms with Crippen LogP contribution in [0.4, 0.5) is 0 Å². The summed E-state index contributed by atoms with van der Waals surface area (Å²) in [6, 6.07) is 13.0. The van der Waals surface area contributed by atoms with Gasteiger partial charge >= 0.3 is 0 Å². The van der Waals surface area contributed by atoms with Crippen LogP contribution in [0.1, 0.15) is 15.9 Å². The van der Waals surface area contributed by atoms with E-state index in [-0.39, 0.29) is 5.91 Å². The SMILES string of the molecule is COc1cc(C(=O)NCCN)cc(OC)c1OCc1ccccc1. The molecule has 0 saturated carbocycles. The third-order valence-electron chi connectivity index (χ3n) is 3.38. The van der Waals surface area contributed by atoms with Crippen molar-refractivity contribution in [3.63, 3.8) is 0 Å². The van der Waals surface area contributed by atoms with Gasteiger partial charge in [-0.15, -0.1) is 0 Å². The number of hydrogen-bond acceptors (Lipinski definition) is 5. The number of carbonyl (C=O) groups is 1. The molecular weight excluding hydrogens is 308 g/mol. The zero-order chi connectivity index (χ0) is 17.4. The van der Waals surface area contributed by atoms with Crippen LogP contribution in [0.2, 0.25) is 0 Å². The minimum Gasteiger partial charge on any atom is -0.493 e. The van der Waals surface area contributed by atoms with Crippen molar-refractivity contribution in [1.82, 2.24) is 5.32 Å². The Balaban J connectivity index is 2.25. The number of hydrogen-bond donors (Lipinski definition) is 2. The average molecular weight is 330 g/mol. The molecule has 3 N–H and O–H groups in total. The van der Waals surface area contributed by atoms with Gasteiger partial charge in [0.1, 0.15) is 6.61 Å². The quantitative estimate of drug-likeness (QED) is 0.773. The van der Waals surface area contributed by atoms with Gasteiger partial charge in [0.25, 0.3) is 5.91 Å². The Kier molecular flexibility index (Phi) is 6.45. The van der Waals surface area contributed by atoms with E-state index in [1.165, 1.54) is 14.2 Å². The lowest BCUT2D eigenvalue weighted by Gasteiger charge is -2.16. The lowest BCUT2D eigenvalue weighted by molar-refractivity contribution is 0.0954. The van der Waals surface area contributed by atoms with Crippen molar-refractivity contribution in [2.24, 2.45) is 5.73 Å². The third kappa shape index (κ3) is 4.39. The number of methoxy groups -OCH3 is 2. The van der Waals surface area contributed by atoms with Gasteiger partial charge in [-0.05, 0) is 17.7 Å². The average Bonchev–Trinajstić information content (AvgIpc) is 2.64. The van der Waals surface area contributed by atoms with Gasteiger partial charge in [-0.1, -0.05) is 30.3 Å². The van der Waals surface area contributed by atoms with Crippen molar-refractivity contribution in [1.29, 1.82) is 0 Å². The number of benzene rings is 2. The summed E-state index contributed by atoms with van der Waals surface area (Å²) in [5.74, 6) is 1.08. The van der Waals surface area contributed by atoms with Gasteiger partial charge in [-0.2, -0.15) is 0 Å². The summed E-state index contributed by atoms with van der Waals surface area (Å²) in [7, 11) is 3.04. The molecule has 6 heteroatoms. The maximum absolute atomic E-state index is 12.1. The van der Waals surface area contributed by atoms with Crippen LogP contribution in [0.5, 0.6) is 17.2 Å². The van der Waals surface area contributed by atoms with E-state index in [1.807, 2.05) is 30.3 Å². The maximum atomic E-state index is 12.1. The van der Waals surface area contributed by atoms with E-state index in [1.54, 1.807) is 12.1 Å². The molecule has 0 atom stereocenters. The van der Waals surface area contributed by atoms with Crippen LogP contribution in [-0.2, 0) is 6.61 Å². The van der Waals surface area contributed by atoms with Crippen molar-refractivity contribution >= 4 is 5.91 Å². The van der Waals surface area contributed by atoms with Gasteiger partial charge in [-0.25, -0.2) is 0 Å². The summed E-state index contributed by atoms with van der Waals surface area (Å²) in [4.78, 5) is 12.1. The van der Waals surface area contributed by atoms with Crippen molar-refractivity contribution in [3.8, 4) is 17.2 Å². The molecule has 0 saturated heterocycles. The molecule has 0 aromatic heterocycles. The Bertz CT molecular complexity index is 649. The Morgan fingerprint density at radius 3 is 2.25 bits per heavy atom. The van der Waals surface area contributed by atoms with Crippen LogP contribution in [0.15, 0.2) is 42.5 Å². The van der Waals surface area contributed by atoms with E-state index in [2.05, 4.69) is 5.32 Å². The maximum Gasteiger partial charge on any atom is 0.251 e. The predicted octanol–water partition coefficient (Wildman–Crippen LogP) is 1.97. The standard InChI is InChI=1S/C18H22N2O4/c1-22-15-10-14(18(21)20-9-8-19)11-16(23-2)17(15)24-12-13-6-4-3-5-7-13/h3-7,10-11H,8-9,12,19H2,1-2H3,(H,20,21). The Labute approximate surface area is 141 Å². The molecule has 1 amide bonds. The van der Waals surface area contributed by atoms with Gasteiger partial charge in [0.2, 0.25) is 5.75 Å². The van der Waals surface area contributed by atoms with Gasteiger partial charge in [0.15, 0.2) is 11.5 Å². The monoisotopic (exact) mass is 330 g/mol. The molecule has 24 heavy (non-hydrogen) atoms. The molecule has 0 unspecified atom stereocenters. The van der Waals surface area contributed by atoms with Crippen LogP contribution in [0.25, 0.3) is 0 Å². The van der Waals surface area contributed by atoms with E-state index in [9.17, 15) is 4.79 Å². The number of amides is 1. The molecule has 6 nitrogen and oxygen atoms in total. The molecule has 0 spiro atoms. The molecule has 2 rings (SSSR count). The van der Waals surface area contributed by atoms with E-state index in [0.717, 1.165) is 5.56 Å². The second-order valence-corrected chi connectivity index (χ2v) is 5.03. The molecule has 0 aliphatic rings. The van der Waals surface area contributed by atoms with Crippen LogP contribution in [-0.4, -0.2) is 33.2 Å². The Hall–Kier alpha value is -2.73. The lowest BCUT2D eigenvalue weighted by atomic mass is 10.1. The molecule has 2 aromatic carbocycles. The third-order valence-corrected chi connectivity index (χ3v) is 3.38. The number of nitrogens with two attached hydrogens (primary N) is 1. The predicted molar refractivity (Wildman–Crippen MR) is 91.7 cm³/mol. The summed E-state index contributed by atoms with van der Waals surface area (Å²) >= 11 is 0. The topological polar surface area (TPSA) is 82.8 Å². The molecule has 128 valence electrons. The molecule has 0 aliphatic carbocycles. The lowest BCUT2D eigenvalue weighted by Crippen LogP contribution is -2.29. The highest BCUT2D eigenvalue weighted by molar-refractivity contribution is 5.95. The van der Waals surface area contributed by atoms with E-state index in [4.69, 9.17) is 19.9 Å². The highest BCUT2D eigenvalue weighted by Crippen LogP contribution is 2.39. The zero-order valence-corrected chi connectivity index (χ0v) is 13.9. The summed E-state index contributed by atoms with van der Waals surface area (Å²) in [6.45, 7) is 1.14. The summed E-state index contributed by atoms with van der Waals surface area (Å²) in [5, 5.41) is 2.71. The summed E-state index contributed by atoms with van der Waals surface area (Å²) < 4.78 is 16.6. The van der Waals surface area contributed by atoms with Crippen LogP contribution in [0, 0.1) is 0 Å². The van der Waals surface area contributed by atoms with E-state index < -0.39 is 0 Å². The molecular formula is C18H22N2O4. The van der Waals surface area contributed by atoms with Crippen molar-refractivity contribution in [2.45, 2.75) is 6.61 Å². The molecule has 0 bridgehead atoms. The minimum atomic E-state index is -0.244. The number of nitrogens with one attached hydrogen (secondary N) is 1. The van der Waals surface area contributed by atoms with Crippen LogP contribution in [0.3, 0.4) is 0 Å². The van der Waals surface area contributed by atoms with Crippen LogP contribution >= 0.6 is 0 Å². The van der Waals surface area contributed by atoms with Crippen molar-refractivity contribution in [2.75, 3.05) is 27.3 Å². The van der Waals surface area contributed by atoms with E-state index in [0.29, 0.717) is 42.5 Å².